The Balaban J connectivity index is 1.54. The Morgan fingerprint density at radius 3 is 2.56 bits per heavy atom. The molecule has 0 bridgehead atoms. The van der Waals surface area contributed by atoms with Gasteiger partial charge in [-0.25, -0.2) is 0 Å². The van der Waals surface area contributed by atoms with Gasteiger partial charge in [0.05, 0.1) is 5.92 Å². The average molecular weight is 354 g/mol. The van der Waals surface area contributed by atoms with Gasteiger partial charge in [-0.3, -0.25) is 4.79 Å². The molecule has 1 atom stereocenters. The molecule has 6 heteroatoms. The second kappa shape index (κ2) is 6.33. The van der Waals surface area contributed by atoms with Gasteiger partial charge in [0.15, 0.2) is 0 Å². The summed E-state index contributed by atoms with van der Waals surface area (Å²) in [6.45, 7) is 2.57. The van der Waals surface area contributed by atoms with E-state index < -0.39 is 0 Å². The van der Waals surface area contributed by atoms with E-state index in [9.17, 15) is 4.79 Å². The van der Waals surface area contributed by atoms with Crippen LogP contribution in [0.2, 0.25) is 5.02 Å². The molecular weight excluding hydrogens is 338 g/mol. The van der Waals surface area contributed by atoms with Crippen molar-refractivity contribution in [1.82, 2.24) is 10.1 Å². The lowest BCUT2D eigenvalue weighted by Crippen LogP contribution is -2.24. The van der Waals surface area contributed by atoms with E-state index in [2.05, 4.69) is 10.1 Å². The molecule has 5 nitrogen and oxygen atoms in total. The number of anilines is 1. The van der Waals surface area contributed by atoms with Gasteiger partial charge in [-0.05, 0) is 43.3 Å². The van der Waals surface area contributed by atoms with Crippen molar-refractivity contribution in [1.29, 1.82) is 0 Å². The van der Waals surface area contributed by atoms with Crippen molar-refractivity contribution in [3.63, 3.8) is 0 Å². The number of hydrogen-bond donors (Lipinski definition) is 0. The lowest BCUT2D eigenvalue weighted by atomic mass is 10.1. The summed E-state index contributed by atoms with van der Waals surface area (Å²) in [6, 6.07) is 15.2. The fourth-order valence-corrected chi connectivity index (χ4v) is 3.09. The summed E-state index contributed by atoms with van der Waals surface area (Å²) in [5.74, 6) is 0.975. The normalized spacial score (nSPS) is 17.3. The van der Waals surface area contributed by atoms with Crippen molar-refractivity contribution in [3.8, 4) is 11.4 Å². The van der Waals surface area contributed by atoms with E-state index in [1.165, 1.54) is 0 Å². The second-order valence-corrected chi connectivity index (χ2v) is 6.64. The van der Waals surface area contributed by atoms with E-state index in [4.69, 9.17) is 16.1 Å². The van der Waals surface area contributed by atoms with Gasteiger partial charge in [-0.2, -0.15) is 4.98 Å². The van der Waals surface area contributed by atoms with E-state index in [1.807, 2.05) is 43.3 Å². The highest BCUT2D eigenvalue weighted by atomic mass is 35.5. The molecule has 0 unspecified atom stereocenters. The molecule has 2 heterocycles. The van der Waals surface area contributed by atoms with Crippen LogP contribution in [0.1, 0.15) is 23.8 Å². The highest BCUT2D eigenvalue weighted by molar-refractivity contribution is 6.30. The van der Waals surface area contributed by atoms with Crippen molar-refractivity contribution in [2.24, 2.45) is 0 Å². The monoisotopic (exact) mass is 353 g/mol. The SMILES string of the molecule is Cc1ccc(N2C[C@@H](c3nc(-c4ccc(Cl)cc4)no3)CC2=O)cc1. The van der Waals surface area contributed by atoms with Gasteiger partial charge in [0.25, 0.3) is 0 Å². The van der Waals surface area contributed by atoms with E-state index in [0.29, 0.717) is 29.7 Å². The molecule has 1 aliphatic heterocycles. The molecule has 2 aromatic carbocycles. The number of carbonyl (C=O) groups is 1. The predicted molar refractivity (Wildman–Crippen MR) is 95.6 cm³/mol. The Bertz CT molecular complexity index is 903. The van der Waals surface area contributed by atoms with Crippen molar-refractivity contribution in [3.05, 3.63) is 65.0 Å². The fraction of sp³-hybridized carbons (Fsp3) is 0.211. The van der Waals surface area contributed by atoms with E-state index in [0.717, 1.165) is 16.8 Å². The summed E-state index contributed by atoms with van der Waals surface area (Å²) in [6.07, 6.45) is 0.371. The molecular formula is C19H16ClN3O2. The zero-order valence-electron chi connectivity index (χ0n) is 13.6. The minimum Gasteiger partial charge on any atom is -0.339 e. The average Bonchev–Trinajstić information content (AvgIpc) is 3.23. The zero-order valence-corrected chi connectivity index (χ0v) is 14.4. The van der Waals surface area contributed by atoms with Crippen LogP contribution in [0.25, 0.3) is 11.4 Å². The van der Waals surface area contributed by atoms with Gasteiger partial charge in [0.2, 0.25) is 17.6 Å². The molecule has 1 amide bonds. The van der Waals surface area contributed by atoms with E-state index >= 15 is 0 Å². The highest BCUT2D eigenvalue weighted by Gasteiger charge is 2.35. The maximum Gasteiger partial charge on any atom is 0.232 e. The molecule has 4 rings (SSSR count). The van der Waals surface area contributed by atoms with E-state index in [-0.39, 0.29) is 11.8 Å². The molecule has 0 spiro atoms. The number of amides is 1. The van der Waals surface area contributed by atoms with Gasteiger partial charge in [0.1, 0.15) is 0 Å². The summed E-state index contributed by atoms with van der Waals surface area (Å²) >= 11 is 5.90. The van der Waals surface area contributed by atoms with Crippen LogP contribution in [0.4, 0.5) is 5.69 Å². The first-order chi connectivity index (χ1) is 12.1. The standard InChI is InChI=1S/C19H16ClN3O2/c1-12-2-8-16(9-3-12)23-11-14(10-17(23)24)19-21-18(22-25-19)13-4-6-15(20)7-5-13/h2-9,14H,10-11H2,1H3/t14-/m0/s1. The maximum atomic E-state index is 12.4. The van der Waals surface area contributed by atoms with Gasteiger partial charge in [-0.1, -0.05) is 34.5 Å². The van der Waals surface area contributed by atoms with Crippen LogP contribution in [0.15, 0.2) is 53.1 Å². The second-order valence-electron chi connectivity index (χ2n) is 6.20. The third-order valence-corrected chi connectivity index (χ3v) is 4.62. The number of aromatic nitrogens is 2. The molecule has 0 aliphatic carbocycles. The van der Waals surface area contributed by atoms with Crippen molar-refractivity contribution in [2.45, 2.75) is 19.3 Å². The summed E-state index contributed by atoms with van der Waals surface area (Å²) in [5.41, 5.74) is 2.89. The van der Waals surface area contributed by atoms with Crippen LogP contribution in [0.5, 0.6) is 0 Å². The quantitative estimate of drug-likeness (QED) is 0.707. The van der Waals surface area contributed by atoms with Gasteiger partial charge >= 0.3 is 0 Å². The summed E-state index contributed by atoms with van der Waals surface area (Å²) in [7, 11) is 0. The summed E-state index contributed by atoms with van der Waals surface area (Å²) in [4.78, 5) is 18.6. The Hall–Kier alpha value is -2.66. The zero-order chi connectivity index (χ0) is 17.4. The number of aryl methyl sites for hydroxylation is 1. The molecule has 25 heavy (non-hydrogen) atoms. The first-order valence-electron chi connectivity index (χ1n) is 8.07. The number of nitrogens with zero attached hydrogens (tertiary/aromatic N) is 3. The van der Waals surface area contributed by atoms with Crippen LogP contribution < -0.4 is 4.90 Å². The molecule has 1 aromatic heterocycles. The maximum absolute atomic E-state index is 12.4. The van der Waals surface area contributed by atoms with Crippen molar-refractivity contribution in [2.75, 3.05) is 11.4 Å². The molecule has 1 aliphatic rings. The Kier molecular flexibility index (Phi) is 4.01. The third-order valence-electron chi connectivity index (χ3n) is 4.36. The molecule has 1 saturated heterocycles. The van der Waals surface area contributed by atoms with E-state index in [1.54, 1.807) is 17.0 Å². The number of rotatable bonds is 3. The van der Waals surface area contributed by atoms with Crippen LogP contribution in [-0.4, -0.2) is 22.6 Å². The summed E-state index contributed by atoms with van der Waals surface area (Å²) in [5, 5.41) is 4.69. The van der Waals surface area contributed by atoms with Crippen LogP contribution in [0, 0.1) is 6.92 Å². The Morgan fingerprint density at radius 1 is 1.12 bits per heavy atom. The van der Waals surface area contributed by atoms with Crippen LogP contribution >= 0.6 is 11.6 Å². The largest absolute Gasteiger partial charge is 0.339 e. The lowest BCUT2D eigenvalue weighted by molar-refractivity contribution is -0.117. The predicted octanol–water partition coefficient (Wildman–Crippen LogP) is 4.22. The molecule has 1 fully saturated rings. The number of halogens is 1. The molecule has 0 radical (unpaired) electrons. The highest BCUT2D eigenvalue weighted by Crippen LogP contribution is 2.32. The minimum absolute atomic E-state index is 0.0695. The molecule has 0 N–H and O–H groups in total. The first kappa shape index (κ1) is 15.8. The molecule has 126 valence electrons. The number of benzene rings is 2. The number of hydrogen-bond acceptors (Lipinski definition) is 4. The van der Waals surface area contributed by atoms with Crippen molar-refractivity contribution >= 4 is 23.2 Å². The van der Waals surface area contributed by atoms with Gasteiger partial charge in [0, 0.05) is 29.2 Å². The lowest BCUT2D eigenvalue weighted by Gasteiger charge is -2.16. The van der Waals surface area contributed by atoms with Gasteiger partial charge < -0.3 is 9.42 Å². The fourth-order valence-electron chi connectivity index (χ4n) is 2.96. The molecule has 3 aromatic rings. The Morgan fingerprint density at radius 2 is 1.84 bits per heavy atom. The van der Waals surface area contributed by atoms with Crippen LogP contribution in [0.3, 0.4) is 0 Å². The number of carbonyl (C=O) groups excluding carboxylic acids is 1. The smallest absolute Gasteiger partial charge is 0.232 e. The van der Waals surface area contributed by atoms with Crippen LogP contribution in [-0.2, 0) is 4.79 Å². The third kappa shape index (κ3) is 3.15. The minimum atomic E-state index is -0.0950. The topological polar surface area (TPSA) is 59.2 Å². The first-order valence-corrected chi connectivity index (χ1v) is 8.44. The molecule has 0 saturated carbocycles. The Labute approximate surface area is 150 Å². The summed E-state index contributed by atoms with van der Waals surface area (Å²) < 4.78 is 5.41. The van der Waals surface area contributed by atoms with Gasteiger partial charge in [-0.15, -0.1) is 0 Å². The van der Waals surface area contributed by atoms with Crippen molar-refractivity contribution < 1.29 is 9.32 Å².